The van der Waals surface area contributed by atoms with E-state index in [9.17, 15) is 9.18 Å². The number of hydrogen-bond donors (Lipinski definition) is 1. The van der Waals surface area contributed by atoms with Crippen molar-refractivity contribution in [2.45, 2.75) is 19.4 Å². The summed E-state index contributed by atoms with van der Waals surface area (Å²) < 4.78 is 14.5. The zero-order valence-corrected chi connectivity index (χ0v) is 12.7. The molecule has 0 aliphatic carbocycles. The molecule has 0 fully saturated rings. The molecule has 0 bridgehead atoms. The van der Waals surface area contributed by atoms with Gasteiger partial charge in [-0.15, -0.1) is 0 Å². The number of rotatable bonds is 4. The number of nitrogens with one attached hydrogen (secondary N) is 1. The van der Waals surface area contributed by atoms with Crippen molar-refractivity contribution in [1.82, 2.24) is 5.32 Å². The molecule has 1 atom stereocenters. The zero-order valence-electron chi connectivity index (χ0n) is 11.1. The summed E-state index contributed by atoms with van der Waals surface area (Å²) in [7, 11) is 0. The Balaban J connectivity index is 1.98. The van der Waals surface area contributed by atoms with Crippen molar-refractivity contribution in [2.75, 3.05) is 0 Å². The molecule has 104 valence electrons. The van der Waals surface area contributed by atoms with Gasteiger partial charge in [0.05, 0.1) is 12.5 Å². The van der Waals surface area contributed by atoms with Crippen LogP contribution in [-0.4, -0.2) is 5.91 Å². The summed E-state index contributed by atoms with van der Waals surface area (Å²) in [5, 5.41) is 2.87. The van der Waals surface area contributed by atoms with Gasteiger partial charge in [0, 0.05) is 4.47 Å². The lowest BCUT2D eigenvalue weighted by Gasteiger charge is -2.14. The van der Waals surface area contributed by atoms with Crippen LogP contribution in [0.25, 0.3) is 0 Å². The molecule has 0 aliphatic heterocycles. The van der Waals surface area contributed by atoms with E-state index in [0.29, 0.717) is 5.56 Å². The van der Waals surface area contributed by atoms with Crippen LogP contribution in [0.1, 0.15) is 24.1 Å². The Hall–Kier alpha value is -1.68. The molecule has 1 N–H and O–H groups in total. The first-order chi connectivity index (χ1) is 9.56. The fraction of sp³-hybridized carbons (Fsp3) is 0.188. The highest BCUT2D eigenvalue weighted by Gasteiger charge is 2.11. The summed E-state index contributed by atoms with van der Waals surface area (Å²) in [5.41, 5.74) is 1.42. The van der Waals surface area contributed by atoms with Gasteiger partial charge in [-0.2, -0.15) is 0 Å². The summed E-state index contributed by atoms with van der Waals surface area (Å²) in [6, 6.07) is 14.0. The smallest absolute Gasteiger partial charge is 0.225 e. The quantitative estimate of drug-likeness (QED) is 0.898. The Kier molecular flexibility index (Phi) is 4.90. The third-order valence-electron chi connectivity index (χ3n) is 3.06. The van der Waals surface area contributed by atoms with Crippen LogP contribution in [-0.2, 0) is 11.2 Å². The van der Waals surface area contributed by atoms with E-state index in [1.54, 1.807) is 18.2 Å². The summed E-state index contributed by atoms with van der Waals surface area (Å²) in [4.78, 5) is 11.9. The van der Waals surface area contributed by atoms with Gasteiger partial charge in [0.25, 0.3) is 0 Å². The molecule has 2 rings (SSSR count). The molecule has 0 radical (unpaired) electrons. The molecule has 0 aromatic heterocycles. The number of benzene rings is 2. The minimum Gasteiger partial charge on any atom is -0.349 e. The van der Waals surface area contributed by atoms with Crippen molar-refractivity contribution in [1.29, 1.82) is 0 Å². The average molecular weight is 336 g/mol. The lowest BCUT2D eigenvalue weighted by molar-refractivity contribution is -0.121. The molecule has 4 heteroatoms. The minimum atomic E-state index is -0.348. The monoisotopic (exact) mass is 335 g/mol. The second-order valence-corrected chi connectivity index (χ2v) is 5.52. The molecule has 2 nitrogen and oxygen atoms in total. The van der Waals surface area contributed by atoms with Gasteiger partial charge < -0.3 is 5.32 Å². The largest absolute Gasteiger partial charge is 0.349 e. The normalized spacial score (nSPS) is 11.9. The van der Waals surface area contributed by atoms with E-state index in [1.165, 1.54) is 6.07 Å². The molecule has 2 aromatic carbocycles. The van der Waals surface area contributed by atoms with Crippen LogP contribution < -0.4 is 5.32 Å². The number of amides is 1. The Bertz CT molecular complexity index is 598. The standard InChI is InChI=1S/C16H15BrFNO/c1-11(12-6-8-14(17)9-7-12)19-16(20)10-13-4-2-3-5-15(13)18/h2-9,11H,10H2,1H3,(H,19,20). The second kappa shape index (κ2) is 6.66. The predicted octanol–water partition coefficient (Wildman–Crippen LogP) is 4.01. The molecule has 20 heavy (non-hydrogen) atoms. The molecule has 1 amide bonds. The van der Waals surface area contributed by atoms with Crippen molar-refractivity contribution >= 4 is 21.8 Å². The van der Waals surface area contributed by atoms with Gasteiger partial charge in [-0.1, -0.05) is 46.3 Å². The van der Waals surface area contributed by atoms with Crippen molar-refractivity contribution in [3.63, 3.8) is 0 Å². The molecule has 0 saturated heterocycles. The van der Waals surface area contributed by atoms with Crippen molar-refractivity contribution in [3.8, 4) is 0 Å². The maximum Gasteiger partial charge on any atom is 0.225 e. The maximum absolute atomic E-state index is 13.5. The van der Waals surface area contributed by atoms with E-state index in [4.69, 9.17) is 0 Å². The van der Waals surface area contributed by atoms with Crippen LogP contribution in [0.5, 0.6) is 0 Å². The van der Waals surface area contributed by atoms with Gasteiger partial charge in [-0.3, -0.25) is 4.79 Å². The van der Waals surface area contributed by atoms with Gasteiger partial charge in [0.1, 0.15) is 5.82 Å². The van der Waals surface area contributed by atoms with E-state index < -0.39 is 0 Å². The van der Waals surface area contributed by atoms with Gasteiger partial charge >= 0.3 is 0 Å². The van der Waals surface area contributed by atoms with Crippen LogP contribution in [0.15, 0.2) is 53.0 Å². The number of carbonyl (C=O) groups is 1. The predicted molar refractivity (Wildman–Crippen MR) is 80.8 cm³/mol. The lowest BCUT2D eigenvalue weighted by atomic mass is 10.1. The second-order valence-electron chi connectivity index (χ2n) is 4.61. The number of hydrogen-bond acceptors (Lipinski definition) is 1. The third kappa shape index (κ3) is 3.90. The molecule has 2 aromatic rings. The SMILES string of the molecule is CC(NC(=O)Cc1ccccc1F)c1ccc(Br)cc1. The van der Waals surface area contributed by atoms with Crippen LogP contribution in [0, 0.1) is 5.82 Å². The first-order valence-electron chi connectivity index (χ1n) is 6.34. The van der Waals surface area contributed by atoms with Crippen LogP contribution in [0.3, 0.4) is 0 Å². The van der Waals surface area contributed by atoms with Crippen LogP contribution in [0.2, 0.25) is 0 Å². The highest BCUT2D eigenvalue weighted by Crippen LogP contribution is 2.17. The molecule has 0 heterocycles. The van der Waals surface area contributed by atoms with E-state index in [1.807, 2.05) is 31.2 Å². The third-order valence-corrected chi connectivity index (χ3v) is 3.59. The highest BCUT2D eigenvalue weighted by molar-refractivity contribution is 9.10. The molecular formula is C16H15BrFNO. The zero-order chi connectivity index (χ0) is 14.5. The van der Waals surface area contributed by atoms with Crippen molar-refractivity contribution in [3.05, 3.63) is 69.9 Å². The van der Waals surface area contributed by atoms with Gasteiger partial charge in [0.2, 0.25) is 5.91 Å². The molecule has 1 unspecified atom stereocenters. The average Bonchev–Trinajstić information content (AvgIpc) is 2.42. The maximum atomic E-state index is 13.5. The van der Waals surface area contributed by atoms with Crippen molar-refractivity contribution in [2.24, 2.45) is 0 Å². The fourth-order valence-electron chi connectivity index (χ4n) is 1.94. The molecule has 0 spiro atoms. The number of halogens is 2. The first-order valence-corrected chi connectivity index (χ1v) is 7.14. The fourth-order valence-corrected chi connectivity index (χ4v) is 2.21. The van der Waals surface area contributed by atoms with Crippen LogP contribution in [0.4, 0.5) is 4.39 Å². The first kappa shape index (κ1) is 14.7. The van der Waals surface area contributed by atoms with Gasteiger partial charge in [0.15, 0.2) is 0 Å². The lowest BCUT2D eigenvalue weighted by Crippen LogP contribution is -2.28. The Morgan fingerprint density at radius 3 is 2.50 bits per heavy atom. The summed E-state index contributed by atoms with van der Waals surface area (Å²) in [5.74, 6) is -0.538. The summed E-state index contributed by atoms with van der Waals surface area (Å²) in [6.45, 7) is 1.91. The Morgan fingerprint density at radius 2 is 1.85 bits per heavy atom. The molecule has 0 aliphatic rings. The topological polar surface area (TPSA) is 29.1 Å². The highest BCUT2D eigenvalue weighted by atomic mass is 79.9. The summed E-state index contributed by atoms with van der Waals surface area (Å²) in [6.07, 6.45) is 0.0491. The Morgan fingerprint density at radius 1 is 1.20 bits per heavy atom. The van der Waals surface area contributed by atoms with E-state index in [-0.39, 0.29) is 24.2 Å². The van der Waals surface area contributed by atoms with Crippen molar-refractivity contribution < 1.29 is 9.18 Å². The minimum absolute atomic E-state index is 0.0491. The van der Waals surface area contributed by atoms with Crippen LogP contribution >= 0.6 is 15.9 Å². The van der Waals surface area contributed by atoms with E-state index in [0.717, 1.165) is 10.0 Å². The summed E-state index contributed by atoms with van der Waals surface area (Å²) >= 11 is 3.37. The Labute approximate surface area is 126 Å². The van der Waals surface area contributed by atoms with E-state index >= 15 is 0 Å². The van der Waals surface area contributed by atoms with Gasteiger partial charge in [-0.25, -0.2) is 4.39 Å². The van der Waals surface area contributed by atoms with E-state index in [2.05, 4.69) is 21.2 Å². The number of carbonyl (C=O) groups excluding carboxylic acids is 1. The molecule has 0 saturated carbocycles. The van der Waals surface area contributed by atoms with Gasteiger partial charge in [-0.05, 0) is 36.2 Å². The molecular weight excluding hydrogens is 321 g/mol.